The van der Waals surface area contributed by atoms with Gasteiger partial charge in [0.1, 0.15) is 0 Å². The lowest BCUT2D eigenvalue weighted by Crippen LogP contribution is -2.58. The molecule has 2 atom stereocenters. The molecule has 34 heavy (non-hydrogen) atoms. The van der Waals surface area contributed by atoms with Crippen molar-refractivity contribution >= 4 is 5.71 Å². The number of rotatable bonds is 5. The van der Waals surface area contributed by atoms with Crippen LogP contribution in [0, 0.1) is 5.92 Å². The average molecular weight is 465 g/mol. The predicted molar refractivity (Wildman–Crippen MR) is 127 cm³/mol. The molecule has 3 nitrogen and oxygen atoms in total. The third kappa shape index (κ3) is 4.40. The van der Waals surface area contributed by atoms with Crippen molar-refractivity contribution in [2.75, 3.05) is 13.1 Å². The monoisotopic (exact) mass is 464 g/mol. The van der Waals surface area contributed by atoms with Gasteiger partial charge < -0.3 is 5.11 Å². The summed E-state index contributed by atoms with van der Waals surface area (Å²) >= 11 is 0. The summed E-state index contributed by atoms with van der Waals surface area (Å²) < 4.78 is 40.9. The number of aliphatic hydroxyl groups is 1. The second-order valence-corrected chi connectivity index (χ2v) is 9.07. The van der Waals surface area contributed by atoms with Crippen LogP contribution in [-0.2, 0) is 6.18 Å². The van der Waals surface area contributed by atoms with Crippen molar-refractivity contribution in [1.29, 1.82) is 0 Å². The van der Waals surface area contributed by atoms with Crippen molar-refractivity contribution in [3.05, 3.63) is 107 Å². The zero-order valence-corrected chi connectivity index (χ0v) is 18.7. The lowest BCUT2D eigenvalue weighted by atomic mass is 9.72. The molecule has 0 amide bonds. The van der Waals surface area contributed by atoms with Crippen molar-refractivity contribution in [2.24, 2.45) is 10.9 Å². The Morgan fingerprint density at radius 1 is 0.794 bits per heavy atom. The summed E-state index contributed by atoms with van der Waals surface area (Å²) in [6.07, 6.45) is -4.32. The van der Waals surface area contributed by atoms with E-state index >= 15 is 0 Å². The number of aliphatic imine (C=N–C) groups is 1. The molecule has 0 aromatic heterocycles. The van der Waals surface area contributed by atoms with Crippen molar-refractivity contribution < 1.29 is 18.3 Å². The van der Waals surface area contributed by atoms with Crippen LogP contribution in [0.25, 0.3) is 0 Å². The van der Waals surface area contributed by atoms with Crippen LogP contribution in [0.5, 0.6) is 0 Å². The molecule has 3 aliphatic rings. The molecule has 0 spiro atoms. The van der Waals surface area contributed by atoms with Gasteiger partial charge in [0.05, 0.1) is 11.6 Å². The van der Waals surface area contributed by atoms with E-state index in [9.17, 15) is 18.3 Å². The maximum absolute atomic E-state index is 13.6. The number of fused-ring (bicyclic) bond motifs is 3. The quantitative estimate of drug-likeness (QED) is 0.498. The molecule has 176 valence electrons. The fourth-order valence-corrected chi connectivity index (χ4v) is 5.53. The normalized spacial score (nSPS) is 24.5. The molecule has 0 radical (unpaired) electrons. The molecule has 6 rings (SSSR count). The Balaban J connectivity index is 1.61. The molecule has 3 aliphatic heterocycles. The predicted octanol–water partition coefficient (Wildman–Crippen LogP) is 6.06. The number of halogens is 3. The van der Waals surface area contributed by atoms with Gasteiger partial charge in [-0.1, -0.05) is 78.9 Å². The first-order valence-corrected chi connectivity index (χ1v) is 11.7. The van der Waals surface area contributed by atoms with Gasteiger partial charge in [-0.05, 0) is 43.1 Å². The number of piperidine rings is 3. The minimum atomic E-state index is -4.55. The molecule has 6 heteroatoms. The van der Waals surface area contributed by atoms with Crippen LogP contribution in [0.2, 0.25) is 0 Å². The average Bonchev–Trinajstić information content (AvgIpc) is 2.87. The smallest absolute Gasteiger partial charge is 0.368 e. The summed E-state index contributed by atoms with van der Waals surface area (Å²) in [7, 11) is 0. The zero-order chi connectivity index (χ0) is 23.7. The molecule has 3 aromatic rings. The Labute approximate surface area is 197 Å². The Kier molecular flexibility index (Phi) is 6.28. The van der Waals surface area contributed by atoms with E-state index in [0.717, 1.165) is 48.8 Å². The third-order valence-electron chi connectivity index (χ3n) is 7.09. The lowest BCUT2D eigenvalue weighted by Gasteiger charge is -2.50. The van der Waals surface area contributed by atoms with Crippen LogP contribution in [-0.4, -0.2) is 34.8 Å². The fourth-order valence-electron chi connectivity index (χ4n) is 5.53. The summed E-state index contributed by atoms with van der Waals surface area (Å²) in [4.78, 5) is 7.03. The Hall–Kier alpha value is -2.96. The largest absolute Gasteiger partial charge is 0.416 e. The van der Waals surface area contributed by atoms with Crippen LogP contribution in [0.4, 0.5) is 13.2 Å². The van der Waals surface area contributed by atoms with Crippen LogP contribution in [0.15, 0.2) is 89.9 Å². The van der Waals surface area contributed by atoms with Gasteiger partial charge in [0.25, 0.3) is 0 Å². The van der Waals surface area contributed by atoms with Crippen molar-refractivity contribution in [3.63, 3.8) is 0 Å². The SMILES string of the molecule is OC(N=C1C2CCN(CC2)C1C(c1ccccc1)c1ccccc1)c1ccccc1C(F)(F)F. The highest BCUT2D eigenvalue weighted by atomic mass is 19.4. The van der Waals surface area contributed by atoms with Gasteiger partial charge >= 0.3 is 6.18 Å². The first kappa shape index (κ1) is 22.8. The van der Waals surface area contributed by atoms with Crippen LogP contribution < -0.4 is 0 Å². The number of alkyl halides is 3. The molecule has 0 aliphatic carbocycles. The minimum Gasteiger partial charge on any atom is -0.368 e. The molecule has 2 bridgehead atoms. The van der Waals surface area contributed by atoms with E-state index in [1.165, 1.54) is 18.2 Å². The van der Waals surface area contributed by atoms with Crippen molar-refractivity contribution in [1.82, 2.24) is 4.90 Å². The molecule has 1 N–H and O–H groups in total. The van der Waals surface area contributed by atoms with Crippen molar-refractivity contribution in [3.8, 4) is 0 Å². The van der Waals surface area contributed by atoms with Gasteiger partial charge in [0.2, 0.25) is 0 Å². The van der Waals surface area contributed by atoms with Gasteiger partial charge in [-0.15, -0.1) is 0 Å². The molecule has 3 aromatic carbocycles. The molecule has 3 saturated heterocycles. The second kappa shape index (κ2) is 9.35. The van der Waals surface area contributed by atoms with E-state index in [2.05, 4.69) is 34.2 Å². The van der Waals surface area contributed by atoms with Crippen LogP contribution >= 0.6 is 0 Å². The topological polar surface area (TPSA) is 35.8 Å². The van der Waals surface area contributed by atoms with E-state index in [4.69, 9.17) is 0 Å². The summed E-state index contributed by atoms with van der Waals surface area (Å²) in [5, 5.41) is 11.0. The first-order valence-electron chi connectivity index (χ1n) is 11.7. The highest BCUT2D eigenvalue weighted by molar-refractivity contribution is 5.94. The maximum atomic E-state index is 13.6. The molecule has 3 fully saturated rings. The van der Waals surface area contributed by atoms with Gasteiger partial charge in [0.15, 0.2) is 6.23 Å². The van der Waals surface area contributed by atoms with E-state index < -0.39 is 18.0 Å². The third-order valence-corrected chi connectivity index (χ3v) is 7.09. The lowest BCUT2D eigenvalue weighted by molar-refractivity contribution is -0.139. The van der Waals surface area contributed by atoms with Gasteiger partial charge in [-0.25, -0.2) is 0 Å². The van der Waals surface area contributed by atoms with Gasteiger partial charge in [0, 0.05) is 23.1 Å². The summed E-state index contributed by atoms with van der Waals surface area (Å²) in [6, 6.07) is 25.4. The van der Waals surface area contributed by atoms with E-state index in [1.807, 2.05) is 36.4 Å². The van der Waals surface area contributed by atoms with E-state index in [1.54, 1.807) is 0 Å². The molecule has 3 heterocycles. The minimum absolute atomic E-state index is 0.0330. The summed E-state index contributed by atoms with van der Waals surface area (Å²) in [5.41, 5.74) is 2.02. The van der Waals surface area contributed by atoms with Crippen LogP contribution in [0.1, 0.15) is 47.2 Å². The van der Waals surface area contributed by atoms with E-state index in [-0.39, 0.29) is 23.4 Å². The number of hydrogen-bond donors (Lipinski definition) is 1. The standard InChI is InChI=1S/C28H27F3N2O/c29-28(30,31)23-14-8-7-13-22(23)27(34)32-25-21-15-17-33(18-16-21)26(25)24(19-9-3-1-4-10-19)20-11-5-2-6-12-20/h1-14,21,24,26-27,34H,15-18H2. The Morgan fingerprint density at radius 3 is 1.88 bits per heavy atom. The molecule has 0 saturated carbocycles. The highest BCUT2D eigenvalue weighted by Crippen LogP contribution is 2.42. The van der Waals surface area contributed by atoms with Crippen LogP contribution in [0.3, 0.4) is 0 Å². The summed E-state index contributed by atoms with van der Waals surface area (Å²) in [5.74, 6) is 0.118. The fraction of sp³-hybridized carbons (Fsp3) is 0.321. The van der Waals surface area contributed by atoms with Gasteiger partial charge in [-0.2, -0.15) is 13.2 Å². The van der Waals surface area contributed by atoms with Gasteiger partial charge in [-0.3, -0.25) is 9.89 Å². The number of hydrogen-bond acceptors (Lipinski definition) is 3. The summed E-state index contributed by atoms with van der Waals surface area (Å²) in [6.45, 7) is 1.83. The zero-order valence-electron chi connectivity index (χ0n) is 18.7. The van der Waals surface area contributed by atoms with E-state index in [0.29, 0.717) is 0 Å². The van der Waals surface area contributed by atoms with Crippen molar-refractivity contribution in [2.45, 2.75) is 37.2 Å². The second-order valence-electron chi connectivity index (χ2n) is 9.07. The Bertz CT molecular complexity index is 1100. The number of aliphatic hydroxyl groups excluding tert-OH is 1. The molecule has 2 unspecified atom stereocenters. The molecular weight excluding hydrogens is 437 g/mol. The number of nitrogens with zero attached hydrogens (tertiary/aromatic N) is 2. The highest BCUT2D eigenvalue weighted by Gasteiger charge is 2.44. The number of benzene rings is 3. The maximum Gasteiger partial charge on any atom is 0.416 e. The first-order chi connectivity index (χ1) is 16.4. The molecular formula is C28H27F3N2O. The Morgan fingerprint density at radius 2 is 1.32 bits per heavy atom.